The van der Waals surface area contributed by atoms with Crippen LogP contribution in [0.4, 0.5) is 10.5 Å². The third kappa shape index (κ3) is 4.90. The molecule has 4 N–H and O–H groups in total. The molecule has 38 heavy (non-hydrogen) atoms. The summed E-state index contributed by atoms with van der Waals surface area (Å²) in [5.41, 5.74) is 14.5. The van der Waals surface area contributed by atoms with Crippen molar-refractivity contribution in [2.75, 3.05) is 19.4 Å². The van der Waals surface area contributed by atoms with Crippen molar-refractivity contribution in [1.29, 1.82) is 0 Å². The van der Waals surface area contributed by atoms with Crippen molar-refractivity contribution in [2.24, 2.45) is 5.73 Å². The van der Waals surface area contributed by atoms with Gasteiger partial charge in [-0.25, -0.2) is 9.78 Å². The summed E-state index contributed by atoms with van der Waals surface area (Å²) < 4.78 is 1.94. The number of carbonyl (C=O) groups is 1. The Bertz CT molecular complexity index is 1600. The highest BCUT2D eigenvalue weighted by Crippen LogP contribution is 2.37. The van der Waals surface area contributed by atoms with E-state index >= 15 is 0 Å². The van der Waals surface area contributed by atoms with Gasteiger partial charge in [-0.2, -0.15) is 5.10 Å². The minimum atomic E-state index is -0.431. The van der Waals surface area contributed by atoms with Gasteiger partial charge in [0.15, 0.2) is 0 Å². The number of fused-ring (bicyclic) bond motifs is 1. The van der Waals surface area contributed by atoms with Crippen LogP contribution >= 0.6 is 0 Å². The summed E-state index contributed by atoms with van der Waals surface area (Å²) >= 11 is 0. The predicted molar refractivity (Wildman–Crippen MR) is 154 cm³/mol. The first-order valence-electron chi connectivity index (χ1n) is 12.7. The lowest BCUT2D eigenvalue weighted by molar-refractivity contribution is 0.230. The fourth-order valence-electron chi connectivity index (χ4n) is 4.45. The van der Waals surface area contributed by atoms with E-state index in [-0.39, 0.29) is 6.03 Å². The summed E-state index contributed by atoms with van der Waals surface area (Å²) in [6.07, 6.45) is 3.90. The molecule has 0 aliphatic rings. The highest BCUT2D eigenvalue weighted by Gasteiger charge is 2.19. The Balaban J connectivity index is 1.57. The third-order valence-corrected chi connectivity index (χ3v) is 6.64. The molecule has 2 amide bonds. The van der Waals surface area contributed by atoms with Crippen molar-refractivity contribution in [3.05, 3.63) is 78.6 Å². The highest BCUT2D eigenvalue weighted by atomic mass is 16.2. The van der Waals surface area contributed by atoms with Gasteiger partial charge in [-0.1, -0.05) is 30.3 Å². The summed E-state index contributed by atoms with van der Waals surface area (Å²) in [7, 11) is 3.43. The number of rotatable bonds is 6. The molecule has 5 aromatic rings. The van der Waals surface area contributed by atoms with E-state index in [0.717, 1.165) is 62.5 Å². The van der Waals surface area contributed by atoms with Crippen molar-refractivity contribution in [3.63, 3.8) is 0 Å². The Kier molecular flexibility index (Phi) is 6.50. The number of H-pyrrole nitrogens is 1. The Morgan fingerprint density at radius 1 is 1.05 bits per heavy atom. The van der Waals surface area contributed by atoms with Crippen molar-refractivity contribution in [2.45, 2.75) is 32.9 Å². The summed E-state index contributed by atoms with van der Waals surface area (Å²) in [6.45, 7) is 6.83. The van der Waals surface area contributed by atoms with Crippen LogP contribution in [-0.4, -0.2) is 44.8 Å². The fraction of sp³-hybridized carbons (Fsp3) is 0.233. The molecule has 0 atom stereocenters. The second-order valence-electron chi connectivity index (χ2n) is 10.3. The molecule has 194 valence electrons. The van der Waals surface area contributed by atoms with Crippen LogP contribution in [0.3, 0.4) is 0 Å². The summed E-state index contributed by atoms with van der Waals surface area (Å²) in [5.74, 6) is 0. The molecule has 0 fully saturated rings. The van der Waals surface area contributed by atoms with Gasteiger partial charge >= 0.3 is 6.03 Å². The quantitative estimate of drug-likeness (QED) is 0.259. The Labute approximate surface area is 222 Å². The lowest BCUT2D eigenvalue weighted by Gasteiger charge is -2.19. The van der Waals surface area contributed by atoms with E-state index in [4.69, 9.17) is 10.8 Å². The van der Waals surface area contributed by atoms with E-state index in [0.29, 0.717) is 0 Å². The van der Waals surface area contributed by atoms with Crippen molar-refractivity contribution in [1.82, 2.24) is 24.6 Å². The van der Waals surface area contributed by atoms with Crippen LogP contribution in [0, 0.1) is 0 Å². The monoisotopic (exact) mass is 507 g/mol. The van der Waals surface area contributed by atoms with E-state index in [1.54, 1.807) is 14.1 Å². The number of aromatic nitrogens is 4. The molecule has 0 aliphatic carbocycles. The maximum Gasteiger partial charge on any atom is 0.321 e. The van der Waals surface area contributed by atoms with Crippen LogP contribution in [0.2, 0.25) is 0 Å². The third-order valence-electron chi connectivity index (χ3n) is 6.64. The van der Waals surface area contributed by atoms with Gasteiger partial charge in [0.1, 0.15) is 11.3 Å². The van der Waals surface area contributed by atoms with Gasteiger partial charge < -0.3 is 20.9 Å². The van der Waals surface area contributed by atoms with Gasteiger partial charge in [0.05, 0.1) is 0 Å². The van der Waals surface area contributed by atoms with Crippen LogP contribution in [0.1, 0.15) is 26.3 Å². The molecule has 3 heterocycles. The zero-order chi connectivity index (χ0) is 27.0. The van der Waals surface area contributed by atoms with E-state index in [1.807, 2.05) is 61.1 Å². The van der Waals surface area contributed by atoms with Crippen LogP contribution in [0.25, 0.3) is 44.7 Å². The molecule has 0 spiro atoms. The number of pyridine rings is 1. The number of aryl methyl sites for hydroxylation is 1. The number of benzene rings is 2. The molecule has 0 radical (unpaired) electrons. The van der Waals surface area contributed by atoms with Gasteiger partial charge in [-0.3, -0.25) is 4.68 Å². The van der Waals surface area contributed by atoms with Gasteiger partial charge in [0.25, 0.3) is 0 Å². The summed E-state index contributed by atoms with van der Waals surface area (Å²) in [6, 6.07) is 20.1. The maximum atomic E-state index is 12.0. The average molecular weight is 508 g/mol. The molecule has 8 heteroatoms. The van der Waals surface area contributed by atoms with Gasteiger partial charge in [0.2, 0.25) is 0 Å². The molecular formula is C30H33N7O. The second kappa shape index (κ2) is 9.79. The van der Waals surface area contributed by atoms with E-state index in [1.165, 1.54) is 4.90 Å². The Morgan fingerprint density at radius 3 is 2.50 bits per heavy atom. The molecule has 0 aliphatic heterocycles. The second-order valence-corrected chi connectivity index (χ2v) is 10.3. The van der Waals surface area contributed by atoms with E-state index in [2.05, 4.69) is 52.7 Å². The smallest absolute Gasteiger partial charge is 0.321 e. The Morgan fingerprint density at radius 2 is 1.82 bits per heavy atom. The lowest BCUT2D eigenvalue weighted by Crippen LogP contribution is -2.28. The minimum absolute atomic E-state index is 0.170. The number of hydrogen-bond donors (Lipinski definition) is 3. The lowest BCUT2D eigenvalue weighted by atomic mass is 9.93. The molecule has 0 bridgehead atoms. The van der Waals surface area contributed by atoms with E-state index in [9.17, 15) is 4.79 Å². The molecule has 5 rings (SSSR count). The largest absolute Gasteiger partial charge is 0.339 e. The number of urea groups is 1. The van der Waals surface area contributed by atoms with Crippen molar-refractivity contribution in [3.8, 4) is 33.6 Å². The number of carbonyl (C=O) groups excluding carboxylic acids is 1. The zero-order valence-electron chi connectivity index (χ0n) is 22.4. The standard InChI is InChI=1S/C30H33N7O/c1-6-37-18-25(27(35-37)19-10-12-22(13-11-19)33-29(38)36(4)5)23-14-15-32-28-24(23)17-26(34-28)20-8-7-9-21(16-20)30(2,3)31/h7-18H,6,31H2,1-5H3,(H,32,34)(H,33,38). The number of amides is 2. The first-order valence-corrected chi connectivity index (χ1v) is 12.7. The zero-order valence-corrected chi connectivity index (χ0v) is 22.4. The fourth-order valence-corrected chi connectivity index (χ4v) is 4.45. The Hall–Kier alpha value is -4.43. The number of nitrogens with two attached hydrogens (primary N) is 1. The average Bonchev–Trinajstić information content (AvgIpc) is 3.53. The number of aromatic amines is 1. The predicted octanol–water partition coefficient (Wildman–Crippen LogP) is 6.07. The molecule has 0 saturated heterocycles. The minimum Gasteiger partial charge on any atom is -0.339 e. The molecule has 0 saturated carbocycles. The summed E-state index contributed by atoms with van der Waals surface area (Å²) in [5, 5.41) is 8.78. The van der Waals surface area contributed by atoms with Gasteiger partial charge in [0, 0.05) is 66.5 Å². The normalized spacial score (nSPS) is 11.6. The van der Waals surface area contributed by atoms with Crippen LogP contribution in [0.15, 0.2) is 73.1 Å². The van der Waals surface area contributed by atoms with Gasteiger partial charge in [-0.05, 0) is 67.8 Å². The van der Waals surface area contributed by atoms with Crippen molar-refractivity contribution < 1.29 is 4.79 Å². The molecular weight excluding hydrogens is 474 g/mol. The molecule has 2 aromatic carbocycles. The molecule has 8 nitrogen and oxygen atoms in total. The number of nitrogens with zero attached hydrogens (tertiary/aromatic N) is 4. The first kappa shape index (κ1) is 25.2. The van der Waals surface area contributed by atoms with Crippen LogP contribution in [0.5, 0.6) is 0 Å². The highest BCUT2D eigenvalue weighted by molar-refractivity contribution is 5.99. The van der Waals surface area contributed by atoms with Crippen LogP contribution < -0.4 is 11.1 Å². The molecule has 0 unspecified atom stereocenters. The van der Waals surface area contributed by atoms with Gasteiger partial charge in [-0.15, -0.1) is 0 Å². The van der Waals surface area contributed by atoms with E-state index < -0.39 is 5.54 Å². The SMILES string of the molecule is CCn1cc(-c2ccnc3[nH]c(-c4cccc(C(C)(C)N)c4)cc23)c(-c2ccc(NC(=O)N(C)C)cc2)n1. The topological polar surface area (TPSA) is 105 Å². The number of nitrogens with one attached hydrogen (secondary N) is 2. The maximum absolute atomic E-state index is 12.0. The number of anilines is 1. The van der Waals surface area contributed by atoms with Crippen molar-refractivity contribution >= 4 is 22.8 Å². The van der Waals surface area contributed by atoms with Crippen LogP contribution in [-0.2, 0) is 12.1 Å². The molecule has 3 aromatic heterocycles. The number of hydrogen-bond acceptors (Lipinski definition) is 4. The summed E-state index contributed by atoms with van der Waals surface area (Å²) in [4.78, 5) is 21.6. The first-order chi connectivity index (χ1) is 18.1.